The van der Waals surface area contributed by atoms with Crippen LogP contribution in [0.15, 0.2) is 58.4 Å². The summed E-state index contributed by atoms with van der Waals surface area (Å²) in [5, 5.41) is 4.02. The Morgan fingerprint density at radius 3 is 2.35 bits per heavy atom. The van der Waals surface area contributed by atoms with Crippen molar-refractivity contribution in [1.82, 2.24) is 9.78 Å². The molecular weight excluding hydrogens is 430 g/mol. The predicted molar refractivity (Wildman–Crippen MR) is 109 cm³/mol. The van der Waals surface area contributed by atoms with Gasteiger partial charge in [-0.3, -0.25) is 9.59 Å². The molecule has 0 aliphatic heterocycles. The average Bonchev–Trinajstić information content (AvgIpc) is 2.70. The molecule has 0 atom stereocenters. The quantitative estimate of drug-likeness (QED) is 0.552. The van der Waals surface area contributed by atoms with Crippen molar-refractivity contribution in [2.75, 3.05) is 12.9 Å². The van der Waals surface area contributed by atoms with Crippen LogP contribution in [-0.2, 0) is 14.6 Å². The molecule has 0 fully saturated rings. The number of carbonyl (C=O) groups is 1. The fourth-order valence-corrected chi connectivity index (χ4v) is 3.39. The Morgan fingerprint density at radius 2 is 1.77 bits per heavy atom. The van der Waals surface area contributed by atoms with Crippen LogP contribution in [0, 0.1) is 11.6 Å². The molecule has 0 aliphatic rings. The van der Waals surface area contributed by atoms with Gasteiger partial charge in [-0.15, -0.1) is 0 Å². The Hall–Kier alpha value is -3.40. The molecule has 10 heteroatoms. The van der Waals surface area contributed by atoms with Crippen LogP contribution < -0.4 is 10.3 Å². The highest BCUT2D eigenvalue weighted by Gasteiger charge is 2.18. The minimum atomic E-state index is -3.41. The van der Waals surface area contributed by atoms with Crippen LogP contribution in [0.2, 0.25) is 0 Å². The van der Waals surface area contributed by atoms with Crippen LogP contribution in [-0.4, -0.2) is 36.8 Å². The standard InChI is InChI=1S/C21H18F2N2O5S/c1-13(26)9-10-30-20-17(14-3-6-16(7-4-14)31(2,28)29)12-24-25(21(20)27)15-5-8-18(22)19(23)11-15/h3-8,11-12H,9-10H2,1-2H3. The topological polar surface area (TPSA) is 95.3 Å². The fraction of sp³-hybridized carbons (Fsp3) is 0.190. The first-order valence-corrected chi connectivity index (χ1v) is 11.0. The lowest BCUT2D eigenvalue weighted by Gasteiger charge is -2.13. The first kappa shape index (κ1) is 22.3. The second-order valence-corrected chi connectivity index (χ2v) is 8.82. The van der Waals surface area contributed by atoms with Crippen molar-refractivity contribution in [1.29, 1.82) is 0 Å². The molecule has 0 bridgehead atoms. The van der Waals surface area contributed by atoms with Crippen molar-refractivity contribution < 1.29 is 26.7 Å². The van der Waals surface area contributed by atoms with Crippen molar-refractivity contribution in [3.8, 4) is 22.6 Å². The van der Waals surface area contributed by atoms with Crippen molar-refractivity contribution in [3.63, 3.8) is 0 Å². The molecular formula is C21H18F2N2O5S. The number of carbonyl (C=O) groups excluding carboxylic acids is 1. The Kier molecular flexibility index (Phi) is 6.30. The summed E-state index contributed by atoms with van der Waals surface area (Å²) in [7, 11) is -3.41. The minimum absolute atomic E-state index is 0.0145. The molecule has 1 heterocycles. The number of ether oxygens (including phenoxy) is 1. The van der Waals surface area contributed by atoms with Gasteiger partial charge in [0.05, 0.1) is 23.4 Å². The number of hydrogen-bond acceptors (Lipinski definition) is 6. The second-order valence-electron chi connectivity index (χ2n) is 6.80. The van der Waals surface area contributed by atoms with E-state index in [2.05, 4.69) is 5.10 Å². The number of sulfone groups is 1. The summed E-state index contributed by atoms with van der Waals surface area (Å²) in [4.78, 5) is 24.4. The third-order valence-electron chi connectivity index (χ3n) is 4.38. The largest absolute Gasteiger partial charge is 0.487 e. The maximum Gasteiger partial charge on any atom is 0.314 e. The Morgan fingerprint density at radius 1 is 1.10 bits per heavy atom. The monoisotopic (exact) mass is 448 g/mol. The highest BCUT2D eigenvalue weighted by atomic mass is 32.2. The summed E-state index contributed by atoms with van der Waals surface area (Å²) < 4.78 is 56.7. The Bertz CT molecular complexity index is 1300. The lowest BCUT2D eigenvalue weighted by Crippen LogP contribution is -2.24. The van der Waals surface area contributed by atoms with E-state index in [1.165, 1.54) is 43.5 Å². The summed E-state index contributed by atoms with van der Waals surface area (Å²) >= 11 is 0. The molecule has 0 amide bonds. The summed E-state index contributed by atoms with van der Waals surface area (Å²) in [6.45, 7) is 1.29. The lowest BCUT2D eigenvalue weighted by atomic mass is 10.1. The van der Waals surface area contributed by atoms with Crippen molar-refractivity contribution in [3.05, 3.63) is 70.6 Å². The summed E-state index contributed by atoms with van der Waals surface area (Å²) in [5.41, 5.74) is -0.0572. The van der Waals surface area contributed by atoms with Gasteiger partial charge in [-0.25, -0.2) is 17.2 Å². The van der Waals surface area contributed by atoms with Gasteiger partial charge in [0.15, 0.2) is 27.2 Å². The molecule has 2 aromatic carbocycles. The van der Waals surface area contributed by atoms with E-state index in [9.17, 15) is 26.8 Å². The van der Waals surface area contributed by atoms with Crippen LogP contribution in [0.4, 0.5) is 8.78 Å². The van der Waals surface area contributed by atoms with E-state index in [1.54, 1.807) is 0 Å². The van der Waals surface area contributed by atoms with Crippen LogP contribution >= 0.6 is 0 Å². The molecule has 3 aromatic rings. The maximum atomic E-state index is 13.6. The molecule has 162 valence electrons. The van der Waals surface area contributed by atoms with Crippen LogP contribution in [0.5, 0.6) is 5.75 Å². The molecule has 0 aliphatic carbocycles. The van der Waals surface area contributed by atoms with E-state index in [4.69, 9.17) is 4.74 Å². The van der Waals surface area contributed by atoms with Gasteiger partial charge < -0.3 is 4.74 Å². The van der Waals surface area contributed by atoms with Gasteiger partial charge in [-0.1, -0.05) is 12.1 Å². The number of Topliss-reactive ketones (excluding diaryl/α,β-unsaturated/α-hetero) is 1. The highest BCUT2D eigenvalue weighted by molar-refractivity contribution is 7.90. The fourth-order valence-electron chi connectivity index (χ4n) is 2.76. The zero-order valence-electron chi connectivity index (χ0n) is 16.6. The number of aromatic nitrogens is 2. The molecule has 0 saturated carbocycles. The molecule has 0 spiro atoms. The van der Waals surface area contributed by atoms with Gasteiger partial charge in [0, 0.05) is 24.3 Å². The molecule has 0 unspecified atom stereocenters. The van der Waals surface area contributed by atoms with Crippen LogP contribution in [0.3, 0.4) is 0 Å². The molecule has 0 saturated heterocycles. The summed E-state index contributed by atoms with van der Waals surface area (Å²) in [6, 6.07) is 8.62. The van der Waals surface area contributed by atoms with Gasteiger partial charge in [-0.2, -0.15) is 9.78 Å². The van der Waals surface area contributed by atoms with E-state index < -0.39 is 27.0 Å². The number of benzene rings is 2. The Balaban J connectivity index is 2.12. The minimum Gasteiger partial charge on any atom is -0.487 e. The number of hydrogen-bond donors (Lipinski definition) is 0. The lowest BCUT2D eigenvalue weighted by molar-refractivity contribution is -0.117. The van der Waals surface area contributed by atoms with E-state index in [-0.39, 0.29) is 40.7 Å². The molecule has 0 N–H and O–H groups in total. The molecule has 0 radical (unpaired) electrons. The smallest absolute Gasteiger partial charge is 0.314 e. The zero-order valence-corrected chi connectivity index (χ0v) is 17.4. The number of halogens is 2. The number of rotatable bonds is 7. The number of nitrogens with zero attached hydrogens (tertiary/aromatic N) is 2. The third-order valence-corrected chi connectivity index (χ3v) is 5.50. The van der Waals surface area contributed by atoms with Gasteiger partial charge in [0.2, 0.25) is 0 Å². The zero-order chi connectivity index (χ0) is 22.8. The number of ketones is 1. The molecule has 31 heavy (non-hydrogen) atoms. The summed E-state index contributed by atoms with van der Waals surface area (Å²) in [6.07, 6.45) is 2.42. The molecule has 3 rings (SSSR count). The highest BCUT2D eigenvalue weighted by Crippen LogP contribution is 2.28. The molecule has 7 nitrogen and oxygen atoms in total. The average molecular weight is 448 g/mol. The van der Waals surface area contributed by atoms with Gasteiger partial charge >= 0.3 is 5.56 Å². The first-order valence-electron chi connectivity index (χ1n) is 9.08. The van der Waals surface area contributed by atoms with Crippen molar-refractivity contribution in [2.45, 2.75) is 18.2 Å². The van der Waals surface area contributed by atoms with Gasteiger partial charge in [0.1, 0.15) is 5.78 Å². The van der Waals surface area contributed by atoms with Crippen LogP contribution in [0.25, 0.3) is 16.8 Å². The van der Waals surface area contributed by atoms with E-state index in [0.717, 1.165) is 23.1 Å². The third kappa shape index (κ3) is 5.02. The van der Waals surface area contributed by atoms with Gasteiger partial charge in [0.25, 0.3) is 0 Å². The molecule has 1 aromatic heterocycles. The normalized spacial score (nSPS) is 11.4. The summed E-state index contributed by atoms with van der Waals surface area (Å²) in [5.74, 6) is -2.52. The predicted octanol–water partition coefficient (Wildman–Crippen LogP) is 2.94. The Labute approximate surface area is 176 Å². The SMILES string of the molecule is CC(=O)CCOc1c(-c2ccc(S(C)(=O)=O)cc2)cnn(-c2ccc(F)c(F)c2)c1=O. The van der Waals surface area contributed by atoms with E-state index in [1.807, 2.05) is 0 Å². The van der Waals surface area contributed by atoms with Crippen molar-refractivity contribution >= 4 is 15.6 Å². The van der Waals surface area contributed by atoms with Crippen molar-refractivity contribution in [2.24, 2.45) is 0 Å². The van der Waals surface area contributed by atoms with E-state index >= 15 is 0 Å². The first-order chi connectivity index (χ1) is 14.6. The maximum absolute atomic E-state index is 13.6. The van der Waals surface area contributed by atoms with Crippen LogP contribution in [0.1, 0.15) is 13.3 Å². The second kappa shape index (κ2) is 8.76. The van der Waals surface area contributed by atoms with Gasteiger partial charge in [-0.05, 0) is 36.8 Å². The van der Waals surface area contributed by atoms with E-state index in [0.29, 0.717) is 5.56 Å².